The van der Waals surface area contributed by atoms with Crippen LogP contribution in [0, 0.1) is 0 Å². The Labute approximate surface area is 113 Å². The molecule has 0 aliphatic carbocycles. The standard InChI is InChI=1S/C15H20N2S/c16-15(13-6-2-1-3-7-13)9-4-10-17-12-14-8-5-11-18-14/h1-3,5-8,11,15,17H,4,9-10,12,16H2. The lowest BCUT2D eigenvalue weighted by Gasteiger charge is -2.11. The molecule has 0 saturated carbocycles. The topological polar surface area (TPSA) is 38.0 Å². The van der Waals surface area contributed by atoms with Crippen LogP contribution in [0.15, 0.2) is 47.8 Å². The molecule has 0 amide bonds. The molecule has 1 unspecified atom stereocenters. The summed E-state index contributed by atoms with van der Waals surface area (Å²) in [5.74, 6) is 0. The first kappa shape index (κ1) is 13.3. The number of benzene rings is 1. The largest absolute Gasteiger partial charge is 0.324 e. The van der Waals surface area contributed by atoms with E-state index in [2.05, 4.69) is 35.0 Å². The van der Waals surface area contributed by atoms with E-state index >= 15 is 0 Å². The molecular weight excluding hydrogens is 240 g/mol. The lowest BCUT2D eigenvalue weighted by Crippen LogP contribution is -2.17. The van der Waals surface area contributed by atoms with E-state index in [0.29, 0.717) is 0 Å². The second kappa shape index (κ2) is 7.31. The Balaban J connectivity index is 1.61. The molecule has 0 spiro atoms. The number of hydrogen-bond donors (Lipinski definition) is 2. The Kier molecular flexibility index (Phi) is 5.39. The second-order valence-corrected chi connectivity index (χ2v) is 5.45. The predicted molar refractivity (Wildman–Crippen MR) is 78.6 cm³/mol. The van der Waals surface area contributed by atoms with E-state index in [1.807, 2.05) is 18.2 Å². The van der Waals surface area contributed by atoms with Crippen molar-refractivity contribution < 1.29 is 0 Å². The highest BCUT2D eigenvalue weighted by atomic mass is 32.1. The third-order valence-corrected chi connectivity index (χ3v) is 3.85. The average Bonchev–Trinajstić information content (AvgIpc) is 2.92. The van der Waals surface area contributed by atoms with Crippen LogP contribution in [0.5, 0.6) is 0 Å². The fourth-order valence-electron chi connectivity index (χ4n) is 1.94. The van der Waals surface area contributed by atoms with Crippen molar-refractivity contribution in [3.05, 3.63) is 58.3 Å². The quantitative estimate of drug-likeness (QED) is 0.749. The lowest BCUT2D eigenvalue weighted by molar-refractivity contribution is 0.568. The van der Waals surface area contributed by atoms with Crippen molar-refractivity contribution in [2.75, 3.05) is 6.54 Å². The summed E-state index contributed by atoms with van der Waals surface area (Å²) in [6.45, 7) is 2.00. The van der Waals surface area contributed by atoms with Gasteiger partial charge in [-0.1, -0.05) is 36.4 Å². The molecule has 0 bridgehead atoms. The fourth-order valence-corrected chi connectivity index (χ4v) is 2.61. The van der Waals surface area contributed by atoms with Crippen molar-refractivity contribution in [2.45, 2.75) is 25.4 Å². The molecule has 3 N–H and O–H groups in total. The molecule has 2 nitrogen and oxygen atoms in total. The minimum atomic E-state index is 0.162. The molecule has 2 aromatic rings. The van der Waals surface area contributed by atoms with Gasteiger partial charge in [-0.2, -0.15) is 0 Å². The Morgan fingerprint density at radius 1 is 1.11 bits per heavy atom. The minimum absolute atomic E-state index is 0.162. The summed E-state index contributed by atoms with van der Waals surface area (Å²) < 4.78 is 0. The van der Waals surface area contributed by atoms with Gasteiger partial charge in [-0.25, -0.2) is 0 Å². The Morgan fingerprint density at radius 2 is 1.94 bits per heavy atom. The summed E-state index contributed by atoms with van der Waals surface area (Å²) in [5, 5.41) is 5.56. The highest BCUT2D eigenvalue weighted by Gasteiger charge is 2.04. The summed E-state index contributed by atoms with van der Waals surface area (Å²) in [6, 6.07) is 14.7. The van der Waals surface area contributed by atoms with Gasteiger partial charge in [0.1, 0.15) is 0 Å². The van der Waals surface area contributed by atoms with Gasteiger partial charge < -0.3 is 11.1 Å². The van der Waals surface area contributed by atoms with Gasteiger partial charge in [0.25, 0.3) is 0 Å². The molecule has 1 aromatic carbocycles. The van der Waals surface area contributed by atoms with E-state index in [9.17, 15) is 0 Å². The van der Waals surface area contributed by atoms with Gasteiger partial charge in [-0.15, -0.1) is 11.3 Å². The number of nitrogens with one attached hydrogen (secondary N) is 1. The molecule has 0 radical (unpaired) electrons. The van der Waals surface area contributed by atoms with Crippen molar-refractivity contribution in [1.82, 2.24) is 5.32 Å². The Hall–Kier alpha value is -1.16. The summed E-state index contributed by atoms with van der Waals surface area (Å²) in [4.78, 5) is 1.39. The molecule has 1 atom stereocenters. The monoisotopic (exact) mass is 260 g/mol. The first-order valence-corrected chi connectivity index (χ1v) is 7.28. The number of thiophene rings is 1. The molecule has 1 heterocycles. The van der Waals surface area contributed by atoms with E-state index in [1.165, 1.54) is 10.4 Å². The summed E-state index contributed by atoms with van der Waals surface area (Å²) in [5.41, 5.74) is 7.38. The normalized spacial score (nSPS) is 12.5. The highest BCUT2D eigenvalue weighted by molar-refractivity contribution is 7.09. The molecule has 0 aliphatic rings. The minimum Gasteiger partial charge on any atom is -0.324 e. The van der Waals surface area contributed by atoms with Crippen LogP contribution in [0.4, 0.5) is 0 Å². The Morgan fingerprint density at radius 3 is 2.67 bits per heavy atom. The summed E-state index contributed by atoms with van der Waals surface area (Å²) >= 11 is 1.80. The molecule has 18 heavy (non-hydrogen) atoms. The van der Waals surface area contributed by atoms with Crippen LogP contribution in [0.25, 0.3) is 0 Å². The molecule has 2 rings (SSSR count). The SMILES string of the molecule is NC(CCCNCc1cccs1)c1ccccc1. The zero-order valence-electron chi connectivity index (χ0n) is 10.5. The van der Waals surface area contributed by atoms with Crippen LogP contribution in [-0.4, -0.2) is 6.54 Å². The first-order chi connectivity index (χ1) is 8.86. The molecule has 0 saturated heterocycles. The van der Waals surface area contributed by atoms with Crippen molar-refractivity contribution in [3.63, 3.8) is 0 Å². The third kappa shape index (κ3) is 4.26. The van der Waals surface area contributed by atoms with Gasteiger partial charge in [0, 0.05) is 17.5 Å². The number of nitrogens with two attached hydrogens (primary N) is 1. The van der Waals surface area contributed by atoms with Crippen LogP contribution in [-0.2, 0) is 6.54 Å². The smallest absolute Gasteiger partial charge is 0.0299 e. The summed E-state index contributed by atoms with van der Waals surface area (Å²) in [6.07, 6.45) is 2.14. The van der Waals surface area contributed by atoms with Crippen LogP contribution >= 0.6 is 11.3 Å². The van der Waals surface area contributed by atoms with Crippen molar-refractivity contribution in [1.29, 1.82) is 0 Å². The zero-order chi connectivity index (χ0) is 12.6. The van der Waals surface area contributed by atoms with E-state index in [0.717, 1.165) is 25.9 Å². The maximum Gasteiger partial charge on any atom is 0.0299 e. The van der Waals surface area contributed by atoms with Gasteiger partial charge in [-0.3, -0.25) is 0 Å². The Bertz CT molecular complexity index is 425. The van der Waals surface area contributed by atoms with Crippen molar-refractivity contribution >= 4 is 11.3 Å². The van der Waals surface area contributed by atoms with Crippen LogP contribution < -0.4 is 11.1 Å². The average molecular weight is 260 g/mol. The van der Waals surface area contributed by atoms with Gasteiger partial charge >= 0.3 is 0 Å². The van der Waals surface area contributed by atoms with Crippen LogP contribution in [0.1, 0.15) is 29.3 Å². The zero-order valence-corrected chi connectivity index (χ0v) is 11.3. The van der Waals surface area contributed by atoms with Crippen molar-refractivity contribution in [2.24, 2.45) is 5.73 Å². The van der Waals surface area contributed by atoms with Crippen LogP contribution in [0.3, 0.4) is 0 Å². The molecule has 0 aliphatic heterocycles. The van der Waals surface area contributed by atoms with Gasteiger partial charge in [0.15, 0.2) is 0 Å². The molecule has 96 valence electrons. The predicted octanol–water partition coefficient (Wildman–Crippen LogP) is 3.32. The first-order valence-electron chi connectivity index (χ1n) is 6.40. The molecule has 0 fully saturated rings. The van der Waals surface area contributed by atoms with Gasteiger partial charge in [-0.05, 0) is 36.4 Å². The second-order valence-electron chi connectivity index (χ2n) is 4.42. The molecule has 1 aromatic heterocycles. The maximum absolute atomic E-state index is 6.15. The van der Waals surface area contributed by atoms with Crippen LogP contribution in [0.2, 0.25) is 0 Å². The fraction of sp³-hybridized carbons (Fsp3) is 0.333. The molecule has 3 heteroatoms. The maximum atomic E-state index is 6.15. The van der Waals surface area contributed by atoms with Gasteiger partial charge in [0.05, 0.1) is 0 Å². The van der Waals surface area contributed by atoms with Crippen molar-refractivity contribution in [3.8, 4) is 0 Å². The third-order valence-electron chi connectivity index (χ3n) is 2.98. The van der Waals surface area contributed by atoms with E-state index in [-0.39, 0.29) is 6.04 Å². The molecular formula is C15H20N2S. The lowest BCUT2D eigenvalue weighted by atomic mass is 10.0. The van der Waals surface area contributed by atoms with Gasteiger partial charge in [0.2, 0.25) is 0 Å². The van der Waals surface area contributed by atoms with E-state index in [1.54, 1.807) is 11.3 Å². The highest BCUT2D eigenvalue weighted by Crippen LogP contribution is 2.14. The summed E-state index contributed by atoms with van der Waals surface area (Å²) in [7, 11) is 0. The van der Waals surface area contributed by atoms with E-state index < -0.39 is 0 Å². The number of hydrogen-bond acceptors (Lipinski definition) is 3. The number of rotatable bonds is 7. The van der Waals surface area contributed by atoms with E-state index in [4.69, 9.17) is 5.73 Å².